The molecule has 1 aromatic rings. The van der Waals surface area contributed by atoms with Crippen molar-refractivity contribution in [3.63, 3.8) is 0 Å². The summed E-state index contributed by atoms with van der Waals surface area (Å²) in [5.74, 6) is -2.01. The van der Waals surface area contributed by atoms with E-state index in [1.807, 2.05) is 13.8 Å². The molecule has 25 heavy (non-hydrogen) atoms. The van der Waals surface area contributed by atoms with Crippen molar-refractivity contribution in [2.75, 3.05) is 19.6 Å². The van der Waals surface area contributed by atoms with Crippen molar-refractivity contribution in [2.45, 2.75) is 38.0 Å². The molecule has 1 saturated heterocycles. The maximum atomic E-state index is 12.7. The molecule has 1 amide bonds. The Bertz CT molecular complexity index is 721. The molecule has 1 atom stereocenters. The van der Waals surface area contributed by atoms with E-state index < -0.39 is 27.8 Å². The Morgan fingerprint density at radius 1 is 1.32 bits per heavy atom. The number of thiophene rings is 1. The minimum Gasteiger partial charge on any atom is -0.481 e. The number of carbonyl (C=O) groups is 2. The summed E-state index contributed by atoms with van der Waals surface area (Å²) in [6.45, 7) is 4.74. The lowest BCUT2D eigenvalue weighted by Crippen LogP contribution is -2.35. The SMILES string of the molecule is CC(C)CC(CNC(=O)c1sccc1S(=O)(=O)N1CCCC1)C(=O)O. The molecule has 9 heteroatoms. The number of rotatable bonds is 8. The predicted octanol–water partition coefficient (Wildman–Crippen LogP) is 2.01. The van der Waals surface area contributed by atoms with Crippen LogP contribution in [0.1, 0.15) is 42.8 Å². The van der Waals surface area contributed by atoms with E-state index in [4.69, 9.17) is 0 Å². The van der Waals surface area contributed by atoms with E-state index in [1.165, 1.54) is 10.4 Å². The van der Waals surface area contributed by atoms with Gasteiger partial charge in [0.15, 0.2) is 0 Å². The van der Waals surface area contributed by atoms with Crippen LogP contribution in [-0.4, -0.2) is 49.3 Å². The van der Waals surface area contributed by atoms with Gasteiger partial charge in [0.1, 0.15) is 9.77 Å². The molecule has 2 heterocycles. The minimum absolute atomic E-state index is 0.00707. The van der Waals surface area contributed by atoms with Crippen LogP contribution in [0.2, 0.25) is 0 Å². The molecule has 0 bridgehead atoms. The van der Waals surface area contributed by atoms with Gasteiger partial charge in [0.05, 0.1) is 5.92 Å². The van der Waals surface area contributed by atoms with Crippen molar-refractivity contribution in [3.8, 4) is 0 Å². The number of aliphatic carboxylic acids is 1. The molecule has 0 aromatic carbocycles. The Morgan fingerprint density at radius 2 is 1.96 bits per heavy atom. The summed E-state index contributed by atoms with van der Waals surface area (Å²) in [5.41, 5.74) is 0. The number of nitrogens with one attached hydrogen (secondary N) is 1. The number of carbonyl (C=O) groups excluding carboxylic acids is 1. The first kappa shape index (κ1) is 19.9. The van der Waals surface area contributed by atoms with Crippen molar-refractivity contribution in [2.24, 2.45) is 11.8 Å². The molecule has 1 aliphatic heterocycles. The van der Waals surface area contributed by atoms with Crippen molar-refractivity contribution >= 4 is 33.2 Å². The van der Waals surface area contributed by atoms with E-state index in [0.717, 1.165) is 24.2 Å². The highest BCUT2D eigenvalue weighted by Crippen LogP contribution is 2.27. The van der Waals surface area contributed by atoms with Crippen LogP contribution in [0.4, 0.5) is 0 Å². The number of hydrogen-bond acceptors (Lipinski definition) is 5. The fourth-order valence-corrected chi connectivity index (χ4v) is 5.70. The van der Waals surface area contributed by atoms with Crippen molar-refractivity contribution in [1.82, 2.24) is 9.62 Å². The first-order chi connectivity index (χ1) is 11.7. The van der Waals surface area contributed by atoms with Gasteiger partial charge in [-0.2, -0.15) is 4.31 Å². The predicted molar refractivity (Wildman–Crippen MR) is 95.2 cm³/mol. The van der Waals surface area contributed by atoms with Crippen LogP contribution in [0.3, 0.4) is 0 Å². The molecule has 2 N–H and O–H groups in total. The zero-order chi connectivity index (χ0) is 18.6. The van der Waals surface area contributed by atoms with Gasteiger partial charge in [-0.25, -0.2) is 8.42 Å². The van der Waals surface area contributed by atoms with Crippen LogP contribution in [0, 0.1) is 11.8 Å². The molecule has 2 rings (SSSR count). The monoisotopic (exact) mass is 388 g/mol. The summed E-state index contributed by atoms with van der Waals surface area (Å²) >= 11 is 1.05. The number of hydrogen-bond donors (Lipinski definition) is 2. The number of carboxylic acids is 1. The molecule has 0 aliphatic carbocycles. The van der Waals surface area contributed by atoms with Gasteiger partial charge in [-0.05, 0) is 36.6 Å². The maximum absolute atomic E-state index is 12.7. The molecule has 1 fully saturated rings. The van der Waals surface area contributed by atoms with E-state index in [9.17, 15) is 23.1 Å². The smallest absolute Gasteiger partial charge is 0.308 e. The maximum Gasteiger partial charge on any atom is 0.308 e. The zero-order valence-electron chi connectivity index (χ0n) is 14.4. The molecule has 140 valence electrons. The minimum atomic E-state index is -3.68. The first-order valence-electron chi connectivity index (χ1n) is 8.32. The molecule has 1 aromatic heterocycles. The van der Waals surface area contributed by atoms with Gasteiger partial charge in [0.25, 0.3) is 5.91 Å². The highest BCUT2D eigenvalue weighted by molar-refractivity contribution is 7.89. The second-order valence-electron chi connectivity index (χ2n) is 6.60. The third kappa shape index (κ3) is 4.80. The van der Waals surface area contributed by atoms with Crippen LogP contribution in [0.15, 0.2) is 16.3 Å². The third-order valence-corrected chi connectivity index (χ3v) is 7.12. The summed E-state index contributed by atoms with van der Waals surface area (Å²) in [4.78, 5) is 23.8. The lowest BCUT2D eigenvalue weighted by molar-refractivity contribution is -0.142. The number of carboxylic acid groups (broad SMARTS) is 1. The quantitative estimate of drug-likeness (QED) is 0.709. The Morgan fingerprint density at radius 3 is 2.52 bits per heavy atom. The Hall–Kier alpha value is -1.45. The summed E-state index contributed by atoms with van der Waals surface area (Å²) in [5, 5.41) is 13.4. The van der Waals surface area contributed by atoms with Gasteiger partial charge < -0.3 is 10.4 Å². The van der Waals surface area contributed by atoms with Crippen LogP contribution in [0.5, 0.6) is 0 Å². The summed E-state index contributed by atoms with van der Waals surface area (Å²) in [6, 6.07) is 1.44. The van der Waals surface area contributed by atoms with Gasteiger partial charge in [0.2, 0.25) is 10.0 Å². The molecule has 0 radical (unpaired) electrons. The topological polar surface area (TPSA) is 104 Å². The molecule has 1 aliphatic rings. The normalized spacial score (nSPS) is 16.9. The van der Waals surface area contributed by atoms with E-state index in [-0.39, 0.29) is 22.2 Å². The summed E-state index contributed by atoms with van der Waals surface area (Å²) in [7, 11) is -3.68. The lowest BCUT2D eigenvalue weighted by atomic mass is 9.97. The fraction of sp³-hybridized carbons (Fsp3) is 0.625. The Kier molecular flexibility index (Phi) is 6.59. The number of nitrogens with zero attached hydrogens (tertiary/aromatic N) is 1. The number of amides is 1. The van der Waals surface area contributed by atoms with Crippen molar-refractivity contribution in [1.29, 1.82) is 0 Å². The van der Waals surface area contributed by atoms with Crippen LogP contribution >= 0.6 is 11.3 Å². The van der Waals surface area contributed by atoms with Crippen LogP contribution < -0.4 is 5.32 Å². The van der Waals surface area contributed by atoms with Gasteiger partial charge in [-0.15, -0.1) is 11.3 Å². The summed E-state index contributed by atoms with van der Waals surface area (Å²) < 4.78 is 26.7. The van der Waals surface area contributed by atoms with E-state index in [1.54, 1.807) is 5.38 Å². The standard InChI is InChI=1S/C16H24N2O5S2/c1-11(2)9-12(16(20)21)10-17-15(19)14-13(5-8-24-14)25(22,23)18-6-3-4-7-18/h5,8,11-12H,3-4,6-7,9-10H2,1-2H3,(H,17,19)(H,20,21). The molecule has 0 saturated carbocycles. The second-order valence-corrected chi connectivity index (χ2v) is 9.42. The number of sulfonamides is 1. The average Bonchev–Trinajstić information content (AvgIpc) is 3.21. The molecule has 7 nitrogen and oxygen atoms in total. The van der Waals surface area contributed by atoms with Crippen molar-refractivity contribution < 1.29 is 23.1 Å². The average molecular weight is 389 g/mol. The van der Waals surface area contributed by atoms with Crippen LogP contribution in [-0.2, 0) is 14.8 Å². The van der Waals surface area contributed by atoms with Crippen molar-refractivity contribution in [3.05, 3.63) is 16.3 Å². The fourth-order valence-electron chi connectivity index (χ4n) is 2.87. The van der Waals surface area contributed by atoms with Gasteiger partial charge in [-0.3, -0.25) is 9.59 Å². The molecular weight excluding hydrogens is 364 g/mol. The van der Waals surface area contributed by atoms with E-state index in [0.29, 0.717) is 19.5 Å². The van der Waals surface area contributed by atoms with Gasteiger partial charge in [-0.1, -0.05) is 13.8 Å². The van der Waals surface area contributed by atoms with Gasteiger partial charge in [0, 0.05) is 19.6 Å². The third-order valence-electron chi connectivity index (χ3n) is 4.13. The highest BCUT2D eigenvalue weighted by atomic mass is 32.2. The van der Waals surface area contributed by atoms with Gasteiger partial charge >= 0.3 is 5.97 Å². The first-order valence-corrected chi connectivity index (χ1v) is 10.6. The molecule has 1 unspecified atom stereocenters. The Balaban J connectivity index is 2.11. The molecular formula is C16H24N2O5S2. The Labute approximate surface area is 152 Å². The largest absolute Gasteiger partial charge is 0.481 e. The highest BCUT2D eigenvalue weighted by Gasteiger charge is 2.32. The van der Waals surface area contributed by atoms with E-state index in [2.05, 4.69) is 5.32 Å². The van der Waals surface area contributed by atoms with Crippen LogP contribution in [0.25, 0.3) is 0 Å². The molecule has 0 spiro atoms. The van der Waals surface area contributed by atoms with E-state index >= 15 is 0 Å². The second kappa shape index (κ2) is 8.29. The lowest BCUT2D eigenvalue weighted by Gasteiger charge is -2.17. The zero-order valence-corrected chi connectivity index (χ0v) is 16.0. The summed E-state index contributed by atoms with van der Waals surface area (Å²) in [6.07, 6.45) is 2.08.